The van der Waals surface area contributed by atoms with E-state index in [1.165, 1.54) is 7.11 Å². The highest BCUT2D eigenvalue weighted by Crippen LogP contribution is 2.11. The van der Waals surface area contributed by atoms with Gasteiger partial charge in [0, 0.05) is 13.1 Å². The SMILES string of the molecule is CCNc1nc(N=C(N)NOC)nc(NCC)n1. The predicted molar refractivity (Wildman–Crippen MR) is 69.6 cm³/mol. The summed E-state index contributed by atoms with van der Waals surface area (Å²) in [6, 6.07) is 0. The van der Waals surface area contributed by atoms with E-state index < -0.39 is 0 Å². The lowest BCUT2D eigenvalue weighted by Gasteiger charge is -2.06. The molecule has 0 atom stereocenters. The minimum Gasteiger partial charge on any atom is -0.368 e. The molecule has 0 bridgehead atoms. The zero-order valence-electron chi connectivity index (χ0n) is 10.7. The molecule has 9 heteroatoms. The predicted octanol–water partition coefficient (Wildman–Crippen LogP) is -0.168. The van der Waals surface area contributed by atoms with Crippen molar-refractivity contribution in [2.75, 3.05) is 30.8 Å². The van der Waals surface area contributed by atoms with E-state index >= 15 is 0 Å². The molecule has 100 valence electrons. The van der Waals surface area contributed by atoms with Crippen LogP contribution >= 0.6 is 0 Å². The summed E-state index contributed by atoms with van der Waals surface area (Å²) in [6.45, 7) is 5.29. The summed E-state index contributed by atoms with van der Waals surface area (Å²) in [5, 5.41) is 5.98. The number of nitrogens with one attached hydrogen (secondary N) is 3. The highest BCUT2D eigenvalue weighted by Gasteiger charge is 2.05. The van der Waals surface area contributed by atoms with E-state index in [1.807, 2.05) is 13.8 Å². The van der Waals surface area contributed by atoms with Crippen molar-refractivity contribution in [1.82, 2.24) is 20.4 Å². The first-order chi connectivity index (χ1) is 8.69. The Hall–Kier alpha value is -2.16. The van der Waals surface area contributed by atoms with Crippen LogP contribution in [0.25, 0.3) is 0 Å². The number of hydrogen-bond acceptors (Lipinski definition) is 7. The molecular weight excluding hydrogens is 236 g/mol. The van der Waals surface area contributed by atoms with Crippen molar-refractivity contribution < 1.29 is 4.84 Å². The van der Waals surface area contributed by atoms with E-state index in [9.17, 15) is 0 Å². The van der Waals surface area contributed by atoms with Gasteiger partial charge in [-0.05, 0) is 13.8 Å². The van der Waals surface area contributed by atoms with Crippen LogP contribution in [0, 0.1) is 0 Å². The van der Waals surface area contributed by atoms with Gasteiger partial charge in [-0.2, -0.15) is 19.9 Å². The molecule has 1 rings (SSSR count). The summed E-state index contributed by atoms with van der Waals surface area (Å²) in [7, 11) is 1.43. The third-order valence-electron chi connectivity index (χ3n) is 1.72. The molecule has 1 heterocycles. The molecule has 9 nitrogen and oxygen atoms in total. The van der Waals surface area contributed by atoms with Crippen LogP contribution in [0.15, 0.2) is 4.99 Å². The van der Waals surface area contributed by atoms with Gasteiger partial charge < -0.3 is 16.4 Å². The molecule has 18 heavy (non-hydrogen) atoms. The summed E-state index contributed by atoms with van der Waals surface area (Å²) < 4.78 is 0. The zero-order valence-corrected chi connectivity index (χ0v) is 10.7. The molecule has 0 saturated heterocycles. The van der Waals surface area contributed by atoms with Crippen LogP contribution in [0.1, 0.15) is 13.8 Å². The second-order valence-electron chi connectivity index (χ2n) is 3.15. The number of aliphatic imine (C=N–C) groups is 1. The molecule has 0 saturated carbocycles. The topological polar surface area (TPSA) is 122 Å². The van der Waals surface area contributed by atoms with Gasteiger partial charge in [-0.15, -0.1) is 0 Å². The van der Waals surface area contributed by atoms with Crippen LogP contribution in [-0.4, -0.2) is 41.1 Å². The van der Waals surface area contributed by atoms with Gasteiger partial charge >= 0.3 is 0 Å². The lowest BCUT2D eigenvalue weighted by atomic mass is 10.7. The van der Waals surface area contributed by atoms with Gasteiger partial charge in [-0.3, -0.25) is 4.84 Å². The first kappa shape index (κ1) is 13.9. The van der Waals surface area contributed by atoms with Gasteiger partial charge in [0.05, 0.1) is 7.11 Å². The molecule has 1 aromatic heterocycles. The minimum atomic E-state index is 0.0635. The van der Waals surface area contributed by atoms with Gasteiger partial charge in [0.1, 0.15) is 0 Å². The highest BCUT2D eigenvalue weighted by atomic mass is 16.6. The van der Waals surface area contributed by atoms with Crippen LogP contribution in [0.2, 0.25) is 0 Å². The van der Waals surface area contributed by atoms with Crippen LogP contribution in [-0.2, 0) is 4.84 Å². The molecule has 0 aromatic carbocycles. The third kappa shape index (κ3) is 4.37. The fraction of sp³-hybridized carbons (Fsp3) is 0.556. The monoisotopic (exact) mass is 254 g/mol. The van der Waals surface area contributed by atoms with Crippen LogP contribution in [0.4, 0.5) is 17.8 Å². The number of guanidine groups is 1. The van der Waals surface area contributed by atoms with Gasteiger partial charge in [-0.25, -0.2) is 5.48 Å². The smallest absolute Gasteiger partial charge is 0.259 e. The van der Waals surface area contributed by atoms with E-state index in [2.05, 4.69) is 40.9 Å². The third-order valence-corrected chi connectivity index (χ3v) is 1.72. The number of hydrogen-bond donors (Lipinski definition) is 4. The lowest BCUT2D eigenvalue weighted by Crippen LogP contribution is -2.30. The van der Waals surface area contributed by atoms with Crippen molar-refractivity contribution in [2.24, 2.45) is 10.7 Å². The quantitative estimate of drug-likeness (QED) is 0.313. The molecule has 0 aliphatic rings. The second-order valence-corrected chi connectivity index (χ2v) is 3.15. The fourth-order valence-electron chi connectivity index (χ4n) is 1.12. The molecule has 5 N–H and O–H groups in total. The second kappa shape index (κ2) is 7.22. The largest absolute Gasteiger partial charge is 0.368 e. The van der Waals surface area contributed by atoms with E-state index in [1.54, 1.807) is 0 Å². The summed E-state index contributed by atoms with van der Waals surface area (Å²) in [5.41, 5.74) is 7.92. The molecule has 0 radical (unpaired) electrons. The molecule has 0 unspecified atom stereocenters. The first-order valence-corrected chi connectivity index (χ1v) is 5.56. The molecule has 1 aromatic rings. The van der Waals surface area contributed by atoms with E-state index in [0.717, 1.165) is 0 Å². The van der Waals surface area contributed by atoms with Crippen LogP contribution < -0.4 is 21.8 Å². The number of hydroxylamine groups is 1. The Balaban J connectivity index is 2.98. The maximum absolute atomic E-state index is 5.54. The van der Waals surface area contributed by atoms with E-state index in [0.29, 0.717) is 25.0 Å². The summed E-state index contributed by atoms with van der Waals surface area (Å²) in [4.78, 5) is 20.9. The zero-order chi connectivity index (χ0) is 13.4. The Labute approximate surface area is 105 Å². The fourth-order valence-corrected chi connectivity index (χ4v) is 1.12. The van der Waals surface area contributed by atoms with Gasteiger partial charge in [-0.1, -0.05) is 0 Å². The number of aromatic nitrogens is 3. The summed E-state index contributed by atoms with van der Waals surface area (Å²) in [6.07, 6.45) is 0. The molecule has 0 amide bonds. The first-order valence-electron chi connectivity index (χ1n) is 5.56. The Morgan fingerprint density at radius 1 is 1.17 bits per heavy atom. The van der Waals surface area contributed by atoms with E-state index in [-0.39, 0.29) is 11.9 Å². The Morgan fingerprint density at radius 2 is 1.72 bits per heavy atom. The van der Waals surface area contributed by atoms with Crippen molar-refractivity contribution in [2.45, 2.75) is 13.8 Å². The molecule has 0 aliphatic carbocycles. The highest BCUT2D eigenvalue weighted by molar-refractivity contribution is 5.78. The summed E-state index contributed by atoms with van der Waals surface area (Å²) >= 11 is 0. The molecule has 0 spiro atoms. The number of rotatable bonds is 6. The number of nitrogens with two attached hydrogens (primary N) is 1. The van der Waals surface area contributed by atoms with E-state index in [4.69, 9.17) is 5.73 Å². The normalized spacial score (nSPS) is 11.2. The van der Waals surface area contributed by atoms with Crippen molar-refractivity contribution >= 4 is 23.8 Å². The average Bonchev–Trinajstić information content (AvgIpc) is 2.29. The minimum absolute atomic E-state index is 0.0635. The Morgan fingerprint density at radius 3 is 2.17 bits per heavy atom. The molecular formula is C9H18N8O. The Kier molecular flexibility index (Phi) is 5.58. The van der Waals surface area contributed by atoms with Crippen LogP contribution in [0.3, 0.4) is 0 Å². The van der Waals surface area contributed by atoms with Crippen molar-refractivity contribution in [1.29, 1.82) is 0 Å². The average molecular weight is 254 g/mol. The maximum Gasteiger partial charge on any atom is 0.259 e. The molecule has 0 aliphatic heterocycles. The Bertz CT molecular complexity index is 383. The lowest BCUT2D eigenvalue weighted by molar-refractivity contribution is 0.143. The van der Waals surface area contributed by atoms with Gasteiger partial charge in [0.25, 0.3) is 5.95 Å². The van der Waals surface area contributed by atoms with Gasteiger partial charge in [0.2, 0.25) is 17.9 Å². The molecule has 0 fully saturated rings. The summed E-state index contributed by atoms with van der Waals surface area (Å²) in [5.74, 6) is 1.13. The number of anilines is 2. The van der Waals surface area contributed by atoms with Gasteiger partial charge in [0.15, 0.2) is 0 Å². The van der Waals surface area contributed by atoms with Crippen molar-refractivity contribution in [3.8, 4) is 0 Å². The number of nitrogens with zero attached hydrogens (tertiary/aromatic N) is 4. The van der Waals surface area contributed by atoms with Crippen molar-refractivity contribution in [3.05, 3.63) is 0 Å². The van der Waals surface area contributed by atoms with Crippen LogP contribution in [0.5, 0.6) is 0 Å². The standard InChI is InChI=1S/C9H18N8O/c1-4-11-7-14-8(12-5-2)16-9(15-7)13-6(10)17-18-3/h4-5H2,1-3H3,(H5,10,11,12,13,14,15,16,17). The van der Waals surface area contributed by atoms with Crippen molar-refractivity contribution in [3.63, 3.8) is 0 Å². The maximum atomic E-state index is 5.54.